The molecule has 0 saturated heterocycles. The highest BCUT2D eigenvalue weighted by Crippen LogP contribution is 2.58. The Balaban J connectivity index is 1.63. The fourth-order valence-electron chi connectivity index (χ4n) is 3.63. The number of benzene rings is 1. The van der Waals surface area contributed by atoms with Crippen molar-refractivity contribution >= 4 is 5.69 Å². The normalized spacial score (nSPS) is 25.5. The van der Waals surface area contributed by atoms with Gasteiger partial charge in [-0.15, -0.1) is 0 Å². The second-order valence-electron chi connectivity index (χ2n) is 5.94. The number of hydrogen-bond acceptors (Lipinski definition) is 4. The molecule has 0 radical (unpaired) electrons. The minimum atomic E-state index is 0.0865. The zero-order valence-electron chi connectivity index (χ0n) is 12.5. The van der Waals surface area contributed by atoms with Gasteiger partial charge in [-0.25, -0.2) is 0 Å². The van der Waals surface area contributed by atoms with Gasteiger partial charge in [0.25, 0.3) is 0 Å². The Morgan fingerprint density at radius 3 is 2.95 bits per heavy atom. The van der Waals surface area contributed by atoms with Crippen molar-refractivity contribution in [1.82, 2.24) is 0 Å². The molecule has 0 heterocycles. The number of nitrogens with one attached hydrogen (secondary N) is 1. The smallest absolute Gasteiger partial charge is 0.174 e. The summed E-state index contributed by atoms with van der Waals surface area (Å²) >= 11 is 0. The number of hydrogen-bond donors (Lipinski definition) is 1. The van der Waals surface area contributed by atoms with Crippen molar-refractivity contribution in [2.24, 2.45) is 5.41 Å². The first-order valence-electron chi connectivity index (χ1n) is 7.76. The summed E-state index contributed by atoms with van der Waals surface area (Å²) in [6.07, 6.45) is 5.34. The van der Waals surface area contributed by atoms with Crippen LogP contribution < -0.4 is 10.1 Å². The van der Waals surface area contributed by atoms with Gasteiger partial charge in [0.1, 0.15) is 11.8 Å². The van der Waals surface area contributed by atoms with Gasteiger partial charge in [0.05, 0.1) is 6.10 Å². The standard InChI is InChI=1S/C17H22N2O2/c1-2-20-16-12-15(17(16)7-4-8-17)19-13-5-3-6-14(11-13)21-10-9-18/h3,5-6,11,15-16,19H,2,4,7-8,10,12H2,1H3. The van der Waals surface area contributed by atoms with E-state index in [-0.39, 0.29) is 6.61 Å². The molecule has 3 rings (SSSR count). The van der Waals surface area contributed by atoms with Crippen LogP contribution in [0.1, 0.15) is 32.6 Å². The van der Waals surface area contributed by atoms with Crippen molar-refractivity contribution in [2.45, 2.75) is 44.8 Å². The Kier molecular flexibility index (Phi) is 4.03. The Labute approximate surface area is 126 Å². The Hall–Kier alpha value is -1.73. The average molecular weight is 286 g/mol. The van der Waals surface area contributed by atoms with Gasteiger partial charge in [0.15, 0.2) is 6.61 Å². The lowest BCUT2D eigenvalue weighted by atomic mass is 9.51. The lowest BCUT2D eigenvalue weighted by molar-refractivity contribution is -0.157. The van der Waals surface area contributed by atoms with Crippen molar-refractivity contribution in [3.05, 3.63) is 24.3 Å². The minimum Gasteiger partial charge on any atom is -0.479 e. The first-order chi connectivity index (χ1) is 10.3. The lowest BCUT2D eigenvalue weighted by Gasteiger charge is -2.61. The van der Waals surface area contributed by atoms with E-state index in [2.05, 4.69) is 18.3 Å². The van der Waals surface area contributed by atoms with Crippen LogP contribution in [0, 0.1) is 16.7 Å². The molecule has 1 aromatic rings. The summed E-state index contributed by atoms with van der Waals surface area (Å²) in [5.74, 6) is 0.741. The SMILES string of the molecule is CCOC1CC(Nc2cccc(OCC#N)c2)C12CCC2. The highest BCUT2D eigenvalue weighted by atomic mass is 16.5. The van der Waals surface area contributed by atoms with Crippen molar-refractivity contribution in [2.75, 3.05) is 18.5 Å². The molecule has 2 saturated carbocycles. The Bertz CT molecular complexity index is 534. The molecule has 4 heteroatoms. The van der Waals surface area contributed by atoms with E-state index in [1.54, 1.807) is 0 Å². The van der Waals surface area contributed by atoms with E-state index in [9.17, 15) is 0 Å². The molecule has 4 nitrogen and oxygen atoms in total. The number of nitriles is 1. The molecule has 0 aromatic heterocycles. The lowest BCUT2D eigenvalue weighted by Crippen LogP contribution is -2.64. The molecule has 112 valence electrons. The molecule has 1 N–H and O–H groups in total. The van der Waals surface area contributed by atoms with Crippen LogP contribution in [0.5, 0.6) is 5.75 Å². The van der Waals surface area contributed by atoms with Crippen molar-refractivity contribution in [3.8, 4) is 11.8 Å². The minimum absolute atomic E-state index is 0.0865. The summed E-state index contributed by atoms with van der Waals surface area (Å²) in [4.78, 5) is 0. The van der Waals surface area contributed by atoms with Crippen LogP contribution in [0.3, 0.4) is 0 Å². The molecule has 2 aliphatic carbocycles. The predicted molar refractivity (Wildman–Crippen MR) is 81.3 cm³/mol. The van der Waals surface area contributed by atoms with Crippen LogP contribution in [0.25, 0.3) is 0 Å². The zero-order chi connectivity index (χ0) is 14.7. The van der Waals surface area contributed by atoms with Crippen molar-refractivity contribution in [3.63, 3.8) is 0 Å². The van der Waals surface area contributed by atoms with Crippen molar-refractivity contribution in [1.29, 1.82) is 5.26 Å². The Morgan fingerprint density at radius 2 is 2.29 bits per heavy atom. The molecule has 2 aliphatic rings. The molecular weight excluding hydrogens is 264 g/mol. The molecule has 1 aromatic carbocycles. The van der Waals surface area contributed by atoms with E-state index in [0.717, 1.165) is 24.5 Å². The molecule has 1 spiro atoms. The molecule has 21 heavy (non-hydrogen) atoms. The van der Waals surface area contributed by atoms with Gasteiger partial charge >= 0.3 is 0 Å². The topological polar surface area (TPSA) is 54.3 Å². The maximum atomic E-state index is 8.57. The first kappa shape index (κ1) is 14.2. The summed E-state index contributed by atoms with van der Waals surface area (Å²) < 4.78 is 11.2. The van der Waals surface area contributed by atoms with E-state index in [4.69, 9.17) is 14.7 Å². The molecule has 2 unspecified atom stereocenters. The highest BCUT2D eigenvalue weighted by Gasteiger charge is 2.58. The molecule has 0 amide bonds. The first-order valence-corrected chi connectivity index (χ1v) is 7.76. The third-order valence-corrected chi connectivity index (χ3v) is 4.92. The third-order valence-electron chi connectivity index (χ3n) is 4.92. The van der Waals surface area contributed by atoms with Gasteiger partial charge in [0, 0.05) is 29.8 Å². The molecule has 0 aliphatic heterocycles. The summed E-state index contributed by atoms with van der Waals surface area (Å²) in [6, 6.07) is 10.4. The molecule has 2 atom stereocenters. The summed E-state index contributed by atoms with van der Waals surface area (Å²) in [5.41, 5.74) is 1.41. The van der Waals surface area contributed by atoms with Gasteiger partial charge in [-0.05, 0) is 38.3 Å². The van der Waals surface area contributed by atoms with Crippen LogP contribution in [0.4, 0.5) is 5.69 Å². The van der Waals surface area contributed by atoms with Crippen LogP contribution >= 0.6 is 0 Å². The summed E-state index contributed by atoms with van der Waals surface area (Å²) in [7, 11) is 0. The second-order valence-corrected chi connectivity index (χ2v) is 5.94. The maximum absolute atomic E-state index is 8.57. The van der Waals surface area contributed by atoms with Crippen LogP contribution in [-0.2, 0) is 4.74 Å². The number of nitrogens with zero attached hydrogens (tertiary/aromatic N) is 1. The second kappa shape index (κ2) is 5.95. The number of ether oxygens (including phenoxy) is 2. The number of anilines is 1. The van der Waals surface area contributed by atoms with Crippen LogP contribution in [0.15, 0.2) is 24.3 Å². The van der Waals surface area contributed by atoms with E-state index >= 15 is 0 Å². The third kappa shape index (κ3) is 2.58. The largest absolute Gasteiger partial charge is 0.479 e. The van der Waals surface area contributed by atoms with Gasteiger partial charge < -0.3 is 14.8 Å². The zero-order valence-corrected chi connectivity index (χ0v) is 12.5. The summed E-state index contributed by atoms with van der Waals surface area (Å²) in [6.45, 7) is 2.96. The van der Waals surface area contributed by atoms with E-state index < -0.39 is 0 Å². The Morgan fingerprint density at radius 1 is 1.43 bits per heavy atom. The van der Waals surface area contributed by atoms with E-state index in [1.807, 2.05) is 24.3 Å². The van der Waals surface area contributed by atoms with Crippen LogP contribution in [0.2, 0.25) is 0 Å². The average Bonchev–Trinajstić information content (AvgIpc) is 2.42. The van der Waals surface area contributed by atoms with Crippen molar-refractivity contribution < 1.29 is 9.47 Å². The number of rotatable bonds is 6. The monoisotopic (exact) mass is 286 g/mol. The molecule has 2 fully saturated rings. The quantitative estimate of drug-likeness (QED) is 0.871. The fourth-order valence-corrected chi connectivity index (χ4v) is 3.63. The maximum Gasteiger partial charge on any atom is 0.174 e. The highest BCUT2D eigenvalue weighted by molar-refractivity contribution is 5.50. The van der Waals surface area contributed by atoms with Gasteiger partial charge in [-0.2, -0.15) is 5.26 Å². The van der Waals surface area contributed by atoms with Gasteiger partial charge in [0.2, 0.25) is 0 Å². The molecular formula is C17H22N2O2. The molecule has 0 bridgehead atoms. The van der Waals surface area contributed by atoms with Crippen LogP contribution in [-0.4, -0.2) is 25.4 Å². The predicted octanol–water partition coefficient (Wildman–Crippen LogP) is 3.35. The summed E-state index contributed by atoms with van der Waals surface area (Å²) in [5, 5.41) is 12.2. The van der Waals surface area contributed by atoms with Gasteiger partial charge in [-0.1, -0.05) is 12.5 Å². The van der Waals surface area contributed by atoms with E-state index in [0.29, 0.717) is 17.6 Å². The van der Waals surface area contributed by atoms with Gasteiger partial charge in [-0.3, -0.25) is 0 Å². The van der Waals surface area contributed by atoms with E-state index in [1.165, 1.54) is 19.3 Å². The fraction of sp³-hybridized carbons (Fsp3) is 0.588.